The summed E-state index contributed by atoms with van der Waals surface area (Å²) in [6.07, 6.45) is 0. The molecule has 0 bridgehead atoms. The molecule has 0 spiro atoms. The van der Waals surface area contributed by atoms with E-state index in [0.717, 1.165) is 5.56 Å². The van der Waals surface area contributed by atoms with Gasteiger partial charge in [-0.1, -0.05) is 59.1 Å². The molecule has 0 aromatic heterocycles. The number of aryl methyl sites for hydroxylation is 1. The van der Waals surface area contributed by atoms with Gasteiger partial charge in [-0.05, 0) is 24.6 Å². The van der Waals surface area contributed by atoms with Gasteiger partial charge in [0.2, 0.25) is 0 Å². The number of hydrogen-bond donors (Lipinski definition) is 1. The largest absolute Gasteiger partial charge is 0.348 e. The third-order valence-corrected chi connectivity index (χ3v) is 3.39. The maximum atomic E-state index is 12.0. The summed E-state index contributed by atoms with van der Waals surface area (Å²) in [6.45, 7) is 2.46. The minimum absolute atomic E-state index is 0.267. The molecular formula is C15H13Cl2NO. The van der Waals surface area contributed by atoms with Crippen molar-refractivity contribution in [3.63, 3.8) is 0 Å². The third kappa shape index (κ3) is 3.49. The number of hydrogen-bond acceptors (Lipinski definition) is 1. The van der Waals surface area contributed by atoms with Crippen molar-refractivity contribution in [1.82, 2.24) is 5.32 Å². The van der Waals surface area contributed by atoms with Crippen molar-refractivity contribution in [2.75, 3.05) is 0 Å². The van der Waals surface area contributed by atoms with Gasteiger partial charge >= 0.3 is 0 Å². The monoisotopic (exact) mass is 293 g/mol. The molecule has 98 valence electrons. The fraction of sp³-hybridized carbons (Fsp3) is 0.133. The first-order valence-corrected chi connectivity index (χ1v) is 6.61. The molecule has 0 atom stereocenters. The first-order chi connectivity index (χ1) is 9.08. The molecule has 0 unspecified atom stereocenters. The molecule has 2 rings (SSSR count). The number of carbonyl (C=O) groups excluding carboxylic acids is 1. The van der Waals surface area contributed by atoms with Gasteiger partial charge < -0.3 is 5.32 Å². The second-order valence-corrected chi connectivity index (χ2v) is 5.08. The normalized spacial score (nSPS) is 10.3. The predicted molar refractivity (Wildman–Crippen MR) is 78.8 cm³/mol. The van der Waals surface area contributed by atoms with E-state index in [0.29, 0.717) is 22.2 Å². The van der Waals surface area contributed by atoms with Gasteiger partial charge in [-0.3, -0.25) is 4.79 Å². The Morgan fingerprint density at radius 3 is 2.21 bits per heavy atom. The van der Waals surface area contributed by atoms with Crippen LogP contribution >= 0.6 is 23.2 Å². The van der Waals surface area contributed by atoms with Crippen molar-refractivity contribution in [1.29, 1.82) is 0 Å². The van der Waals surface area contributed by atoms with Crippen LogP contribution in [0.4, 0.5) is 0 Å². The summed E-state index contributed by atoms with van der Waals surface area (Å²) >= 11 is 12.0. The number of benzene rings is 2. The van der Waals surface area contributed by atoms with Gasteiger partial charge in [0.15, 0.2) is 0 Å². The maximum Gasteiger partial charge on any atom is 0.254 e. The zero-order valence-corrected chi connectivity index (χ0v) is 11.9. The predicted octanol–water partition coefficient (Wildman–Crippen LogP) is 4.23. The Balaban J connectivity index is 2.07. The lowest BCUT2D eigenvalue weighted by Gasteiger charge is -2.08. The average Bonchev–Trinajstić information content (AvgIpc) is 2.38. The van der Waals surface area contributed by atoms with Crippen molar-refractivity contribution in [2.45, 2.75) is 13.5 Å². The van der Waals surface area contributed by atoms with Crippen LogP contribution in [0.2, 0.25) is 10.0 Å². The molecule has 0 radical (unpaired) electrons. The Morgan fingerprint density at radius 1 is 1.05 bits per heavy atom. The van der Waals surface area contributed by atoms with Crippen molar-refractivity contribution in [2.24, 2.45) is 0 Å². The van der Waals surface area contributed by atoms with Gasteiger partial charge in [-0.2, -0.15) is 0 Å². The SMILES string of the molecule is Cc1ccc(CNC(=O)c2c(Cl)cccc2Cl)cc1. The highest BCUT2D eigenvalue weighted by Crippen LogP contribution is 2.24. The van der Waals surface area contributed by atoms with Gasteiger partial charge in [0.25, 0.3) is 5.91 Å². The number of nitrogens with one attached hydrogen (secondary N) is 1. The van der Waals surface area contributed by atoms with Gasteiger partial charge in [0, 0.05) is 6.54 Å². The van der Waals surface area contributed by atoms with Gasteiger partial charge in [-0.25, -0.2) is 0 Å². The van der Waals surface area contributed by atoms with Crippen LogP contribution in [-0.2, 0) is 6.54 Å². The zero-order chi connectivity index (χ0) is 13.8. The Labute approximate surface area is 122 Å². The van der Waals surface area contributed by atoms with Crippen molar-refractivity contribution >= 4 is 29.1 Å². The van der Waals surface area contributed by atoms with Crippen LogP contribution in [0.5, 0.6) is 0 Å². The molecule has 0 saturated heterocycles. The minimum atomic E-state index is -0.267. The quantitative estimate of drug-likeness (QED) is 0.901. The molecule has 0 aliphatic carbocycles. The molecule has 1 N–H and O–H groups in total. The molecule has 0 saturated carbocycles. The van der Waals surface area contributed by atoms with Crippen LogP contribution < -0.4 is 5.32 Å². The second kappa shape index (κ2) is 6.09. The number of rotatable bonds is 3. The second-order valence-electron chi connectivity index (χ2n) is 4.26. The Bertz CT molecular complexity index is 573. The smallest absolute Gasteiger partial charge is 0.254 e. The zero-order valence-electron chi connectivity index (χ0n) is 10.4. The highest BCUT2D eigenvalue weighted by molar-refractivity contribution is 6.39. The molecule has 19 heavy (non-hydrogen) atoms. The molecule has 0 aliphatic heterocycles. The lowest BCUT2D eigenvalue weighted by atomic mass is 10.1. The number of halogens is 2. The number of carbonyl (C=O) groups is 1. The van der Waals surface area contributed by atoms with E-state index in [2.05, 4.69) is 5.32 Å². The number of amides is 1. The lowest BCUT2D eigenvalue weighted by molar-refractivity contribution is 0.0951. The van der Waals surface area contributed by atoms with E-state index in [1.165, 1.54) is 5.56 Å². The summed E-state index contributed by atoms with van der Waals surface area (Å²) < 4.78 is 0. The minimum Gasteiger partial charge on any atom is -0.348 e. The van der Waals surface area contributed by atoms with Crippen LogP contribution in [0, 0.1) is 6.92 Å². The summed E-state index contributed by atoms with van der Waals surface area (Å²) in [4.78, 5) is 12.0. The van der Waals surface area contributed by atoms with Gasteiger partial charge in [-0.15, -0.1) is 0 Å². The molecule has 2 nitrogen and oxygen atoms in total. The summed E-state index contributed by atoms with van der Waals surface area (Å²) in [7, 11) is 0. The maximum absolute atomic E-state index is 12.0. The third-order valence-electron chi connectivity index (χ3n) is 2.76. The molecule has 0 fully saturated rings. The fourth-order valence-corrected chi connectivity index (χ4v) is 2.26. The Kier molecular flexibility index (Phi) is 4.46. The van der Waals surface area contributed by atoms with E-state index in [-0.39, 0.29) is 5.91 Å². The van der Waals surface area contributed by atoms with E-state index in [1.54, 1.807) is 18.2 Å². The van der Waals surface area contributed by atoms with Crippen LogP contribution in [0.25, 0.3) is 0 Å². The van der Waals surface area contributed by atoms with E-state index in [4.69, 9.17) is 23.2 Å². The van der Waals surface area contributed by atoms with Crippen LogP contribution in [0.3, 0.4) is 0 Å². The molecule has 0 heterocycles. The molecule has 0 aliphatic rings. The molecule has 2 aromatic carbocycles. The van der Waals surface area contributed by atoms with Crippen molar-refractivity contribution in [3.05, 3.63) is 69.2 Å². The van der Waals surface area contributed by atoms with E-state index in [9.17, 15) is 4.79 Å². The molecule has 2 aromatic rings. The van der Waals surface area contributed by atoms with Crippen molar-refractivity contribution in [3.8, 4) is 0 Å². The fourth-order valence-electron chi connectivity index (χ4n) is 1.69. The van der Waals surface area contributed by atoms with Crippen molar-refractivity contribution < 1.29 is 4.79 Å². The summed E-state index contributed by atoms with van der Waals surface area (Å²) in [5.74, 6) is -0.267. The highest BCUT2D eigenvalue weighted by Gasteiger charge is 2.13. The average molecular weight is 294 g/mol. The van der Waals surface area contributed by atoms with Crippen LogP contribution in [0.15, 0.2) is 42.5 Å². The summed E-state index contributed by atoms with van der Waals surface area (Å²) in [5.41, 5.74) is 2.53. The summed E-state index contributed by atoms with van der Waals surface area (Å²) in [6, 6.07) is 13.0. The van der Waals surface area contributed by atoms with E-state index in [1.807, 2.05) is 31.2 Å². The Hall–Kier alpha value is -1.51. The van der Waals surface area contributed by atoms with E-state index < -0.39 is 0 Å². The Morgan fingerprint density at radius 2 is 1.63 bits per heavy atom. The topological polar surface area (TPSA) is 29.1 Å². The first kappa shape index (κ1) is 13.9. The lowest BCUT2D eigenvalue weighted by Crippen LogP contribution is -2.23. The van der Waals surface area contributed by atoms with Gasteiger partial charge in [0.05, 0.1) is 15.6 Å². The summed E-state index contributed by atoms with van der Waals surface area (Å²) in [5, 5.41) is 3.52. The molecular weight excluding hydrogens is 281 g/mol. The van der Waals surface area contributed by atoms with E-state index >= 15 is 0 Å². The molecule has 1 amide bonds. The van der Waals surface area contributed by atoms with Gasteiger partial charge in [0.1, 0.15) is 0 Å². The van der Waals surface area contributed by atoms with Crippen LogP contribution in [-0.4, -0.2) is 5.91 Å². The molecule has 4 heteroatoms. The first-order valence-electron chi connectivity index (χ1n) is 5.85. The standard InChI is InChI=1S/C15H13Cl2NO/c1-10-5-7-11(8-6-10)9-18-15(19)14-12(16)3-2-4-13(14)17/h2-8H,9H2,1H3,(H,18,19). The van der Waals surface area contributed by atoms with Crippen LogP contribution in [0.1, 0.15) is 21.5 Å². The highest BCUT2D eigenvalue weighted by atomic mass is 35.5.